The van der Waals surface area contributed by atoms with Crippen molar-refractivity contribution >= 4 is 5.91 Å². The number of amides is 1. The predicted molar refractivity (Wildman–Crippen MR) is 54.9 cm³/mol. The first-order chi connectivity index (χ1) is 7.65. The molecule has 1 rings (SSSR count). The zero-order chi connectivity index (χ0) is 12.0. The number of nitrogens with one attached hydrogen (secondary N) is 1. The van der Waals surface area contributed by atoms with E-state index in [1.807, 2.05) is 13.8 Å². The van der Waals surface area contributed by atoms with Crippen LogP contribution in [0.3, 0.4) is 0 Å². The largest absolute Gasteiger partial charge is 0.336 e. The molecule has 1 aromatic rings. The summed E-state index contributed by atoms with van der Waals surface area (Å²) in [6.45, 7) is 3.70. The van der Waals surface area contributed by atoms with Crippen molar-refractivity contribution in [3.05, 3.63) is 6.33 Å². The van der Waals surface area contributed by atoms with E-state index in [1.165, 1.54) is 11.1 Å². The van der Waals surface area contributed by atoms with Gasteiger partial charge in [-0.15, -0.1) is 10.2 Å². The third kappa shape index (κ3) is 2.76. The molecule has 0 saturated heterocycles. The Balaban J connectivity index is 2.60. The highest BCUT2D eigenvalue weighted by Crippen LogP contribution is 2.13. The molecule has 1 amide bonds. The van der Waals surface area contributed by atoms with Gasteiger partial charge >= 0.3 is 0 Å². The van der Waals surface area contributed by atoms with Crippen molar-refractivity contribution in [2.45, 2.75) is 38.8 Å². The lowest BCUT2D eigenvalue weighted by Crippen LogP contribution is -2.47. The lowest BCUT2D eigenvalue weighted by molar-refractivity contribution is -0.123. The summed E-state index contributed by atoms with van der Waals surface area (Å²) < 4.78 is 0. The second-order valence-electron chi connectivity index (χ2n) is 3.42. The van der Waals surface area contributed by atoms with E-state index >= 15 is 0 Å². The van der Waals surface area contributed by atoms with E-state index in [1.54, 1.807) is 0 Å². The fourth-order valence-corrected chi connectivity index (χ4v) is 1.31. The maximum Gasteiger partial charge on any atom is 0.244 e. The summed E-state index contributed by atoms with van der Waals surface area (Å²) in [5, 5.41) is 22.5. The van der Waals surface area contributed by atoms with Gasteiger partial charge < -0.3 is 5.32 Å². The summed E-state index contributed by atoms with van der Waals surface area (Å²) in [7, 11) is 0. The molecule has 0 radical (unpaired) electrons. The van der Waals surface area contributed by atoms with Crippen LogP contribution in [0.5, 0.6) is 0 Å². The summed E-state index contributed by atoms with van der Waals surface area (Å²) in [5.41, 5.74) is -0.794. The molecule has 7 heteroatoms. The molecular formula is C9H14N6O. The zero-order valence-electron chi connectivity index (χ0n) is 9.34. The molecule has 0 aliphatic carbocycles. The average molecular weight is 222 g/mol. The molecular weight excluding hydrogens is 208 g/mol. The Morgan fingerprint density at radius 2 is 2.25 bits per heavy atom. The quantitative estimate of drug-likeness (QED) is 0.748. The number of tetrazole rings is 1. The Morgan fingerprint density at radius 3 is 2.69 bits per heavy atom. The van der Waals surface area contributed by atoms with Crippen molar-refractivity contribution in [2.24, 2.45) is 0 Å². The molecule has 0 aliphatic heterocycles. The first-order valence-corrected chi connectivity index (χ1v) is 5.09. The van der Waals surface area contributed by atoms with Crippen LogP contribution in [0.15, 0.2) is 6.33 Å². The third-order valence-electron chi connectivity index (χ3n) is 2.48. The van der Waals surface area contributed by atoms with Crippen LogP contribution in [-0.2, 0) is 11.3 Å². The average Bonchev–Trinajstić information content (AvgIpc) is 2.79. The highest BCUT2D eigenvalue weighted by molar-refractivity contribution is 5.76. The minimum atomic E-state index is -0.794. The number of carbonyl (C=O) groups is 1. The fraction of sp³-hybridized carbons (Fsp3) is 0.667. The smallest absolute Gasteiger partial charge is 0.244 e. The van der Waals surface area contributed by atoms with E-state index in [0.29, 0.717) is 12.8 Å². The van der Waals surface area contributed by atoms with Crippen LogP contribution in [-0.4, -0.2) is 31.7 Å². The normalized spacial score (nSPS) is 10.8. The van der Waals surface area contributed by atoms with Crippen molar-refractivity contribution in [2.75, 3.05) is 0 Å². The van der Waals surface area contributed by atoms with Gasteiger partial charge in [-0.05, 0) is 18.1 Å². The van der Waals surface area contributed by atoms with Gasteiger partial charge in [0.15, 0.2) is 6.33 Å². The maximum atomic E-state index is 11.6. The summed E-state index contributed by atoms with van der Waals surface area (Å²) in [5.74, 6) is -0.289. The summed E-state index contributed by atoms with van der Waals surface area (Å²) >= 11 is 0. The van der Waals surface area contributed by atoms with Crippen LogP contribution in [0, 0.1) is 11.3 Å². The van der Waals surface area contributed by atoms with Crippen LogP contribution in [0.2, 0.25) is 0 Å². The number of nitriles is 1. The molecule has 0 unspecified atom stereocenters. The third-order valence-corrected chi connectivity index (χ3v) is 2.48. The van der Waals surface area contributed by atoms with E-state index in [-0.39, 0.29) is 12.5 Å². The monoisotopic (exact) mass is 222 g/mol. The Bertz CT molecular complexity index is 375. The first-order valence-electron chi connectivity index (χ1n) is 5.09. The molecule has 0 spiro atoms. The molecule has 0 aliphatic rings. The van der Waals surface area contributed by atoms with E-state index in [9.17, 15) is 4.79 Å². The molecule has 86 valence electrons. The van der Waals surface area contributed by atoms with Gasteiger partial charge in [0.1, 0.15) is 12.1 Å². The fourth-order valence-electron chi connectivity index (χ4n) is 1.31. The molecule has 16 heavy (non-hydrogen) atoms. The Kier molecular flexibility index (Phi) is 3.94. The second-order valence-corrected chi connectivity index (χ2v) is 3.42. The van der Waals surface area contributed by atoms with Gasteiger partial charge in [0.2, 0.25) is 5.91 Å². The van der Waals surface area contributed by atoms with Gasteiger partial charge in [0, 0.05) is 0 Å². The molecule has 1 aromatic heterocycles. The molecule has 7 nitrogen and oxygen atoms in total. The number of nitrogens with zero attached hydrogens (tertiary/aromatic N) is 5. The van der Waals surface area contributed by atoms with Crippen LogP contribution in [0.25, 0.3) is 0 Å². The summed E-state index contributed by atoms with van der Waals surface area (Å²) in [4.78, 5) is 12.8. The SMILES string of the molecule is CCC(C#N)(CC)NC(=O)Cn1ncnn1. The highest BCUT2D eigenvalue weighted by atomic mass is 16.2. The van der Waals surface area contributed by atoms with Crippen molar-refractivity contribution in [1.29, 1.82) is 5.26 Å². The van der Waals surface area contributed by atoms with E-state index in [2.05, 4.69) is 26.8 Å². The van der Waals surface area contributed by atoms with Gasteiger partial charge in [-0.3, -0.25) is 4.79 Å². The van der Waals surface area contributed by atoms with Gasteiger partial charge in [0.05, 0.1) is 6.07 Å². The van der Waals surface area contributed by atoms with Gasteiger partial charge in [-0.1, -0.05) is 13.8 Å². The lowest BCUT2D eigenvalue weighted by Gasteiger charge is -2.24. The van der Waals surface area contributed by atoms with Crippen LogP contribution in [0.4, 0.5) is 0 Å². The molecule has 0 bridgehead atoms. The van der Waals surface area contributed by atoms with Crippen molar-refractivity contribution < 1.29 is 4.79 Å². The minimum Gasteiger partial charge on any atom is -0.336 e. The Hall–Kier alpha value is -1.97. The number of hydrogen-bond donors (Lipinski definition) is 1. The van der Waals surface area contributed by atoms with Gasteiger partial charge in [-0.2, -0.15) is 10.1 Å². The molecule has 1 N–H and O–H groups in total. The number of aromatic nitrogens is 4. The lowest BCUT2D eigenvalue weighted by atomic mass is 9.95. The first kappa shape index (κ1) is 12.1. The van der Waals surface area contributed by atoms with Crippen molar-refractivity contribution in [3.8, 4) is 6.07 Å². The van der Waals surface area contributed by atoms with E-state index < -0.39 is 5.54 Å². The van der Waals surface area contributed by atoms with Crippen molar-refractivity contribution in [1.82, 2.24) is 25.5 Å². The van der Waals surface area contributed by atoms with Gasteiger partial charge in [0.25, 0.3) is 0 Å². The Morgan fingerprint density at radius 1 is 1.56 bits per heavy atom. The number of rotatable bonds is 5. The Labute approximate surface area is 93.4 Å². The minimum absolute atomic E-state index is 0.0244. The molecule has 1 heterocycles. The summed E-state index contributed by atoms with van der Waals surface area (Å²) in [6, 6.07) is 2.13. The molecule has 0 fully saturated rings. The van der Waals surface area contributed by atoms with Crippen LogP contribution >= 0.6 is 0 Å². The van der Waals surface area contributed by atoms with E-state index in [0.717, 1.165) is 0 Å². The summed E-state index contributed by atoms with van der Waals surface area (Å²) in [6.07, 6.45) is 2.39. The standard InChI is InChI=1S/C9H14N6O/c1-3-9(4-2,6-10)13-8(16)5-15-12-7-11-14-15/h7H,3-5H2,1-2H3,(H,13,16). The zero-order valence-corrected chi connectivity index (χ0v) is 9.34. The van der Waals surface area contributed by atoms with Crippen LogP contribution < -0.4 is 5.32 Å². The number of hydrogen-bond acceptors (Lipinski definition) is 5. The van der Waals surface area contributed by atoms with Crippen molar-refractivity contribution in [3.63, 3.8) is 0 Å². The van der Waals surface area contributed by atoms with Gasteiger partial charge in [-0.25, -0.2) is 0 Å². The predicted octanol–water partition coefficient (Wildman–Crippen LogP) is -0.128. The maximum absolute atomic E-state index is 11.6. The molecule has 0 atom stereocenters. The molecule has 0 aromatic carbocycles. The topological polar surface area (TPSA) is 96.5 Å². The second kappa shape index (κ2) is 5.21. The number of carbonyl (C=O) groups excluding carboxylic acids is 1. The molecule has 0 saturated carbocycles. The highest BCUT2D eigenvalue weighted by Gasteiger charge is 2.27. The van der Waals surface area contributed by atoms with Crippen LogP contribution in [0.1, 0.15) is 26.7 Å². The van der Waals surface area contributed by atoms with E-state index in [4.69, 9.17) is 5.26 Å².